The molecule has 0 aliphatic heterocycles. The first kappa shape index (κ1) is 16.3. The van der Waals surface area contributed by atoms with E-state index in [0.29, 0.717) is 4.90 Å². The zero-order valence-electron chi connectivity index (χ0n) is 11.2. The van der Waals surface area contributed by atoms with Crippen LogP contribution in [0.25, 0.3) is 0 Å². The number of hydrogen-bond donors (Lipinski definition) is 1. The summed E-state index contributed by atoms with van der Waals surface area (Å²) >= 11 is 0. The van der Waals surface area contributed by atoms with Crippen LogP contribution in [-0.2, 0) is 0 Å². The highest BCUT2D eigenvalue weighted by atomic mass is 19.4. The van der Waals surface area contributed by atoms with E-state index in [1.807, 2.05) is 0 Å². The van der Waals surface area contributed by atoms with Crippen molar-refractivity contribution in [3.05, 3.63) is 29.6 Å². The van der Waals surface area contributed by atoms with Gasteiger partial charge in [0, 0.05) is 12.1 Å². The molecule has 0 radical (unpaired) electrons. The summed E-state index contributed by atoms with van der Waals surface area (Å²) in [5.74, 6) is -1.66. The molecule has 0 saturated carbocycles. The van der Waals surface area contributed by atoms with Gasteiger partial charge in [0.15, 0.2) is 0 Å². The van der Waals surface area contributed by atoms with Gasteiger partial charge in [-0.3, -0.25) is 4.79 Å². The molecule has 1 aromatic carbocycles. The highest BCUT2D eigenvalue weighted by Crippen LogP contribution is 2.20. The summed E-state index contributed by atoms with van der Waals surface area (Å²) in [4.78, 5) is 12.8. The summed E-state index contributed by atoms with van der Waals surface area (Å²) in [6, 6.07) is 3.13. The van der Waals surface area contributed by atoms with E-state index in [2.05, 4.69) is 0 Å². The van der Waals surface area contributed by atoms with Gasteiger partial charge in [-0.15, -0.1) is 0 Å². The third-order valence-electron chi connectivity index (χ3n) is 2.49. The second-order valence-electron chi connectivity index (χ2n) is 4.93. The number of nitrogens with two attached hydrogens (primary N) is 1. The minimum Gasteiger partial charge on any atom is -0.396 e. The maximum atomic E-state index is 13.0. The molecule has 2 N–H and O–H groups in total. The Balaban J connectivity index is 2.99. The Kier molecular flexibility index (Phi) is 4.97. The van der Waals surface area contributed by atoms with E-state index in [9.17, 15) is 22.4 Å². The van der Waals surface area contributed by atoms with Gasteiger partial charge in [-0.25, -0.2) is 4.39 Å². The molecule has 3 nitrogen and oxygen atoms in total. The number of anilines is 1. The van der Waals surface area contributed by atoms with Crippen LogP contribution >= 0.6 is 0 Å². The molecule has 1 amide bonds. The van der Waals surface area contributed by atoms with Crippen molar-refractivity contribution in [2.24, 2.45) is 5.92 Å². The number of nitrogens with zero attached hydrogens (tertiary/aromatic N) is 1. The lowest BCUT2D eigenvalue weighted by Crippen LogP contribution is -2.41. The number of nitrogen functional groups attached to an aromatic ring is 1. The number of rotatable bonds is 4. The molecule has 0 saturated heterocycles. The molecule has 0 atom stereocenters. The number of alkyl halides is 3. The molecule has 0 aromatic heterocycles. The maximum absolute atomic E-state index is 13.0. The Hall–Kier alpha value is -1.79. The SMILES string of the molecule is CC(C)CN(CC(F)(F)F)C(=O)c1ccc(F)c(N)c1. The predicted molar refractivity (Wildman–Crippen MR) is 67.6 cm³/mol. The van der Waals surface area contributed by atoms with Gasteiger partial charge in [-0.05, 0) is 24.1 Å². The molecule has 0 spiro atoms. The van der Waals surface area contributed by atoms with Crippen LogP contribution in [0.5, 0.6) is 0 Å². The second-order valence-corrected chi connectivity index (χ2v) is 4.93. The highest BCUT2D eigenvalue weighted by molar-refractivity contribution is 5.95. The van der Waals surface area contributed by atoms with Crippen LogP contribution in [0.15, 0.2) is 18.2 Å². The molecular weight excluding hydrogens is 276 g/mol. The standard InChI is InChI=1S/C13H16F4N2O/c1-8(2)6-19(7-13(15,16)17)12(20)9-3-4-10(14)11(18)5-9/h3-5,8H,6-7,18H2,1-2H3. The Morgan fingerprint density at radius 1 is 1.35 bits per heavy atom. The molecule has 1 aromatic rings. The van der Waals surface area contributed by atoms with E-state index in [4.69, 9.17) is 5.73 Å². The van der Waals surface area contributed by atoms with Crippen molar-refractivity contribution in [1.82, 2.24) is 4.90 Å². The van der Waals surface area contributed by atoms with E-state index in [0.717, 1.165) is 18.2 Å². The summed E-state index contributed by atoms with van der Waals surface area (Å²) < 4.78 is 50.5. The molecule has 0 bridgehead atoms. The zero-order valence-corrected chi connectivity index (χ0v) is 11.2. The molecule has 0 fully saturated rings. The van der Waals surface area contributed by atoms with Gasteiger partial charge in [0.25, 0.3) is 5.91 Å². The Morgan fingerprint density at radius 2 is 1.95 bits per heavy atom. The summed E-state index contributed by atoms with van der Waals surface area (Å²) in [6.45, 7) is 2.02. The van der Waals surface area contributed by atoms with E-state index in [-0.39, 0.29) is 23.7 Å². The summed E-state index contributed by atoms with van der Waals surface area (Å²) in [7, 11) is 0. The summed E-state index contributed by atoms with van der Waals surface area (Å²) in [5.41, 5.74) is 4.99. The second kappa shape index (κ2) is 6.11. The molecular formula is C13H16F4N2O. The van der Waals surface area contributed by atoms with E-state index < -0.39 is 24.4 Å². The largest absolute Gasteiger partial charge is 0.406 e. The maximum Gasteiger partial charge on any atom is 0.406 e. The number of carbonyl (C=O) groups excluding carboxylic acids is 1. The van der Waals surface area contributed by atoms with Gasteiger partial charge >= 0.3 is 6.18 Å². The van der Waals surface area contributed by atoms with Gasteiger partial charge in [0.05, 0.1) is 5.69 Å². The number of benzene rings is 1. The van der Waals surface area contributed by atoms with Gasteiger partial charge in [-0.2, -0.15) is 13.2 Å². The minimum atomic E-state index is -4.49. The monoisotopic (exact) mass is 292 g/mol. The number of halogens is 4. The van der Waals surface area contributed by atoms with E-state index >= 15 is 0 Å². The van der Waals surface area contributed by atoms with Gasteiger partial charge in [-0.1, -0.05) is 13.8 Å². The first-order valence-electron chi connectivity index (χ1n) is 6.01. The van der Waals surface area contributed by atoms with Crippen molar-refractivity contribution >= 4 is 11.6 Å². The lowest BCUT2D eigenvalue weighted by atomic mass is 10.1. The van der Waals surface area contributed by atoms with Crippen LogP contribution in [0, 0.1) is 11.7 Å². The number of amides is 1. The normalized spacial score (nSPS) is 11.8. The molecule has 0 aliphatic rings. The van der Waals surface area contributed by atoms with Crippen LogP contribution in [0.1, 0.15) is 24.2 Å². The minimum absolute atomic E-state index is 0.0460. The van der Waals surface area contributed by atoms with E-state index in [1.165, 1.54) is 0 Å². The Bertz CT molecular complexity index is 486. The van der Waals surface area contributed by atoms with Crippen LogP contribution in [-0.4, -0.2) is 30.1 Å². The lowest BCUT2D eigenvalue weighted by Gasteiger charge is -2.25. The van der Waals surface area contributed by atoms with Crippen LogP contribution in [0.4, 0.5) is 23.2 Å². The fourth-order valence-electron chi connectivity index (χ4n) is 1.74. The van der Waals surface area contributed by atoms with Crippen molar-refractivity contribution in [2.45, 2.75) is 20.0 Å². The Morgan fingerprint density at radius 3 is 2.40 bits per heavy atom. The highest BCUT2D eigenvalue weighted by Gasteiger charge is 2.33. The molecule has 0 unspecified atom stereocenters. The average molecular weight is 292 g/mol. The van der Waals surface area contributed by atoms with Gasteiger partial charge in [0.2, 0.25) is 0 Å². The van der Waals surface area contributed by atoms with Crippen LogP contribution < -0.4 is 5.73 Å². The zero-order chi connectivity index (χ0) is 15.5. The summed E-state index contributed by atoms with van der Waals surface area (Å²) in [5, 5.41) is 0. The molecule has 7 heteroatoms. The molecule has 0 aliphatic carbocycles. The number of carbonyl (C=O) groups is 1. The fourth-order valence-corrected chi connectivity index (χ4v) is 1.74. The fraction of sp³-hybridized carbons (Fsp3) is 0.462. The van der Waals surface area contributed by atoms with Crippen molar-refractivity contribution in [3.8, 4) is 0 Å². The topological polar surface area (TPSA) is 46.3 Å². The Labute approximate surface area is 114 Å². The van der Waals surface area contributed by atoms with Crippen LogP contribution in [0.3, 0.4) is 0 Å². The first-order valence-corrected chi connectivity index (χ1v) is 6.01. The van der Waals surface area contributed by atoms with Crippen molar-refractivity contribution in [2.75, 3.05) is 18.8 Å². The molecule has 0 heterocycles. The quantitative estimate of drug-likeness (QED) is 0.685. The molecule has 112 valence electrons. The molecule has 20 heavy (non-hydrogen) atoms. The average Bonchev–Trinajstić information content (AvgIpc) is 2.28. The van der Waals surface area contributed by atoms with Crippen LogP contribution in [0.2, 0.25) is 0 Å². The van der Waals surface area contributed by atoms with Gasteiger partial charge in [0.1, 0.15) is 12.4 Å². The van der Waals surface area contributed by atoms with Crippen molar-refractivity contribution in [1.29, 1.82) is 0 Å². The van der Waals surface area contributed by atoms with Crippen molar-refractivity contribution in [3.63, 3.8) is 0 Å². The predicted octanol–water partition coefficient (Wildman–Crippen LogP) is 3.07. The first-order chi connectivity index (χ1) is 9.10. The smallest absolute Gasteiger partial charge is 0.396 e. The molecule has 1 rings (SSSR count). The number of hydrogen-bond acceptors (Lipinski definition) is 2. The lowest BCUT2D eigenvalue weighted by molar-refractivity contribution is -0.141. The van der Waals surface area contributed by atoms with E-state index in [1.54, 1.807) is 13.8 Å². The third-order valence-corrected chi connectivity index (χ3v) is 2.49. The van der Waals surface area contributed by atoms with Crippen molar-refractivity contribution < 1.29 is 22.4 Å². The summed E-state index contributed by atoms with van der Waals surface area (Å²) in [6.07, 6.45) is -4.49. The van der Waals surface area contributed by atoms with Gasteiger partial charge < -0.3 is 10.6 Å². The third kappa shape index (κ3) is 4.71.